The topological polar surface area (TPSA) is 51.8 Å². The highest BCUT2D eigenvalue weighted by Gasteiger charge is 2.08. The Labute approximate surface area is 93.0 Å². The first-order valence-corrected chi connectivity index (χ1v) is 5.67. The van der Waals surface area contributed by atoms with Gasteiger partial charge in [0.1, 0.15) is 5.82 Å². The third-order valence-corrected chi connectivity index (χ3v) is 3.36. The van der Waals surface area contributed by atoms with Gasteiger partial charge >= 0.3 is 0 Å². The highest BCUT2D eigenvalue weighted by molar-refractivity contribution is 7.15. The summed E-state index contributed by atoms with van der Waals surface area (Å²) in [5, 5.41) is 1.13. The molecule has 0 unspecified atom stereocenters. The number of nitrogen functional groups attached to an aromatic ring is 1. The minimum absolute atomic E-state index is 0.463. The number of hydrogen-bond donors (Lipinski definition) is 1. The Morgan fingerprint density at radius 2 is 2.13 bits per heavy atom. The van der Waals surface area contributed by atoms with E-state index in [1.165, 1.54) is 0 Å². The van der Waals surface area contributed by atoms with Crippen LogP contribution in [0.5, 0.6) is 0 Å². The van der Waals surface area contributed by atoms with Crippen molar-refractivity contribution in [3.05, 3.63) is 29.4 Å². The van der Waals surface area contributed by atoms with Crippen LogP contribution in [0.1, 0.15) is 24.8 Å². The van der Waals surface area contributed by atoms with Crippen molar-refractivity contribution in [2.75, 3.05) is 5.73 Å². The molecule has 2 N–H and O–H groups in total. The number of nitrogens with two attached hydrogens (primary N) is 1. The zero-order valence-corrected chi connectivity index (χ0v) is 9.58. The lowest BCUT2D eigenvalue weighted by Gasteiger charge is -1.97. The first kappa shape index (κ1) is 10.1. The first-order valence-electron chi connectivity index (χ1n) is 4.85. The molecule has 0 saturated carbocycles. The minimum atomic E-state index is 0.463. The molecule has 2 rings (SSSR count). The molecule has 0 amide bonds. The molecule has 0 aromatic carbocycles. The van der Waals surface area contributed by atoms with Crippen molar-refractivity contribution in [1.82, 2.24) is 9.97 Å². The normalized spacial score (nSPS) is 10.9. The van der Waals surface area contributed by atoms with Crippen LogP contribution in [0.4, 0.5) is 5.82 Å². The lowest BCUT2D eigenvalue weighted by molar-refractivity contribution is 0.852. The van der Waals surface area contributed by atoms with E-state index in [9.17, 15) is 0 Å². The van der Waals surface area contributed by atoms with Gasteiger partial charge in [0.05, 0.1) is 15.6 Å². The van der Waals surface area contributed by atoms with Gasteiger partial charge in [0, 0.05) is 12.1 Å². The number of nitrogens with zero attached hydrogens (tertiary/aromatic N) is 2. The molecule has 0 aliphatic rings. The van der Waals surface area contributed by atoms with Crippen molar-refractivity contribution in [3.8, 4) is 10.6 Å². The van der Waals surface area contributed by atoms with Crippen molar-refractivity contribution in [2.24, 2.45) is 0 Å². The number of rotatable bonds is 2. The zero-order chi connectivity index (χ0) is 10.8. The molecule has 0 bridgehead atoms. The van der Waals surface area contributed by atoms with Crippen LogP contribution < -0.4 is 5.73 Å². The molecule has 4 heteroatoms. The van der Waals surface area contributed by atoms with E-state index in [1.54, 1.807) is 17.4 Å². The van der Waals surface area contributed by atoms with Gasteiger partial charge in [-0.1, -0.05) is 19.9 Å². The maximum atomic E-state index is 5.64. The summed E-state index contributed by atoms with van der Waals surface area (Å²) in [6, 6.07) is 5.65. The maximum absolute atomic E-state index is 5.64. The van der Waals surface area contributed by atoms with Gasteiger partial charge in [-0.2, -0.15) is 0 Å². The minimum Gasteiger partial charge on any atom is -0.384 e. The van der Waals surface area contributed by atoms with E-state index in [0.29, 0.717) is 11.7 Å². The van der Waals surface area contributed by atoms with Crippen LogP contribution in [0, 0.1) is 0 Å². The summed E-state index contributed by atoms with van der Waals surface area (Å²) in [5.41, 5.74) is 6.54. The lowest BCUT2D eigenvalue weighted by atomic mass is 10.2. The Morgan fingerprint density at radius 1 is 1.33 bits per heavy atom. The van der Waals surface area contributed by atoms with Crippen LogP contribution in [0.25, 0.3) is 10.6 Å². The molecular weight excluding hydrogens is 206 g/mol. The Hall–Kier alpha value is -1.42. The van der Waals surface area contributed by atoms with Gasteiger partial charge < -0.3 is 5.73 Å². The second-order valence-corrected chi connectivity index (χ2v) is 4.73. The van der Waals surface area contributed by atoms with Gasteiger partial charge in [-0.25, -0.2) is 9.97 Å². The summed E-state index contributed by atoms with van der Waals surface area (Å²) >= 11 is 1.67. The van der Waals surface area contributed by atoms with E-state index in [1.807, 2.05) is 18.3 Å². The van der Waals surface area contributed by atoms with Gasteiger partial charge in [0.2, 0.25) is 0 Å². The Bertz CT molecular complexity index is 462. The quantitative estimate of drug-likeness (QED) is 0.845. The van der Waals surface area contributed by atoms with Gasteiger partial charge in [0.25, 0.3) is 0 Å². The van der Waals surface area contributed by atoms with E-state index in [-0.39, 0.29) is 0 Å². The highest BCUT2D eigenvalue weighted by Crippen LogP contribution is 2.28. The predicted molar refractivity (Wildman–Crippen MR) is 63.8 cm³/mol. The number of anilines is 1. The number of hydrogen-bond acceptors (Lipinski definition) is 4. The molecule has 0 atom stereocenters. The Morgan fingerprint density at radius 3 is 2.73 bits per heavy atom. The first-order chi connectivity index (χ1) is 7.16. The second-order valence-electron chi connectivity index (χ2n) is 3.67. The molecule has 0 fully saturated rings. The molecule has 0 aliphatic heterocycles. The summed E-state index contributed by atoms with van der Waals surface area (Å²) < 4.78 is 0. The van der Waals surface area contributed by atoms with Crippen molar-refractivity contribution < 1.29 is 0 Å². The molecular formula is C11H13N3S. The van der Waals surface area contributed by atoms with Crippen LogP contribution in [0.15, 0.2) is 24.4 Å². The van der Waals surface area contributed by atoms with E-state index in [0.717, 1.165) is 15.6 Å². The van der Waals surface area contributed by atoms with E-state index in [2.05, 4.69) is 23.8 Å². The maximum Gasteiger partial charge on any atom is 0.124 e. The monoisotopic (exact) mass is 219 g/mol. The zero-order valence-electron chi connectivity index (χ0n) is 8.77. The van der Waals surface area contributed by atoms with E-state index >= 15 is 0 Å². The highest BCUT2D eigenvalue weighted by atomic mass is 32.1. The Kier molecular flexibility index (Phi) is 2.68. The van der Waals surface area contributed by atoms with Crippen molar-refractivity contribution in [1.29, 1.82) is 0 Å². The van der Waals surface area contributed by atoms with Gasteiger partial charge in [-0.05, 0) is 12.1 Å². The summed E-state index contributed by atoms with van der Waals surface area (Å²) in [5.74, 6) is 1.01. The summed E-state index contributed by atoms with van der Waals surface area (Å²) in [4.78, 5) is 9.70. The number of aromatic nitrogens is 2. The molecule has 0 aliphatic carbocycles. The molecule has 2 aromatic heterocycles. The number of pyridine rings is 1. The van der Waals surface area contributed by atoms with Gasteiger partial charge in [-0.3, -0.25) is 0 Å². The lowest BCUT2D eigenvalue weighted by Crippen LogP contribution is -1.89. The van der Waals surface area contributed by atoms with Crippen LogP contribution in [0.2, 0.25) is 0 Å². The fraction of sp³-hybridized carbons (Fsp3) is 0.273. The van der Waals surface area contributed by atoms with Gasteiger partial charge in [0.15, 0.2) is 0 Å². The molecule has 0 saturated heterocycles. The standard InChI is InChI=1S/C11H13N3S/c1-7(2)11-13-6-9(15-11)8-4-3-5-10(12)14-8/h3-7H,1-2H3,(H2,12,14). The molecule has 3 nitrogen and oxygen atoms in total. The van der Waals surface area contributed by atoms with Gasteiger partial charge in [-0.15, -0.1) is 11.3 Å². The molecule has 2 heterocycles. The molecule has 78 valence electrons. The summed E-state index contributed by atoms with van der Waals surface area (Å²) in [6.07, 6.45) is 1.86. The average molecular weight is 219 g/mol. The molecule has 0 radical (unpaired) electrons. The van der Waals surface area contributed by atoms with Crippen molar-refractivity contribution >= 4 is 17.2 Å². The summed E-state index contributed by atoms with van der Waals surface area (Å²) in [7, 11) is 0. The third-order valence-electron chi connectivity index (χ3n) is 2.04. The molecule has 15 heavy (non-hydrogen) atoms. The van der Waals surface area contributed by atoms with Crippen LogP contribution in [-0.2, 0) is 0 Å². The van der Waals surface area contributed by atoms with Crippen LogP contribution in [0.3, 0.4) is 0 Å². The Balaban J connectivity index is 2.37. The SMILES string of the molecule is CC(C)c1ncc(-c2cccc(N)n2)s1. The van der Waals surface area contributed by atoms with E-state index < -0.39 is 0 Å². The van der Waals surface area contributed by atoms with Crippen molar-refractivity contribution in [2.45, 2.75) is 19.8 Å². The summed E-state index contributed by atoms with van der Waals surface area (Å²) in [6.45, 7) is 4.27. The van der Waals surface area contributed by atoms with Crippen LogP contribution in [-0.4, -0.2) is 9.97 Å². The smallest absolute Gasteiger partial charge is 0.124 e. The number of thiazole rings is 1. The van der Waals surface area contributed by atoms with E-state index in [4.69, 9.17) is 5.73 Å². The largest absolute Gasteiger partial charge is 0.384 e. The second kappa shape index (κ2) is 3.98. The average Bonchev–Trinajstić information content (AvgIpc) is 2.66. The van der Waals surface area contributed by atoms with Crippen LogP contribution >= 0.6 is 11.3 Å². The fourth-order valence-electron chi connectivity index (χ4n) is 1.26. The van der Waals surface area contributed by atoms with Crippen molar-refractivity contribution in [3.63, 3.8) is 0 Å². The third kappa shape index (κ3) is 2.15. The predicted octanol–water partition coefficient (Wildman–Crippen LogP) is 2.91. The fourth-order valence-corrected chi connectivity index (χ4v) is 2.15. The molecule has 2 aromatic rings. The molecule has 0 spiro atoms.